The van der Waals surface area contributed by atoms with Crippen LogP contribution in [0.25, 0.3) is 0 Å². The van der Waals surface area contributed by atoms with Crippen molar-refractivity contribution in [2.45, 2.75) is 13.5 Å². The van der Waals surface area contributed by atoms with Crippen molar-refractivity contribution in [1.82, 2.24) is 14.8 Å². The van der Waals surface area contributed by atoms with Gasteiger partial charge in [0, 0.05) is 23.7 Å². The Hall–Kier alpha value is -1.84. The van der Waals surface area contributed by atoms with E-state index in [2.05, 4.69) is 10.1 Å². The van der Waals surface area contributed by atoms with E-state index in [9.17, 15) is 0 Å². The molecule has 2 aromatic rings. The lowest BCUT2D eigenvalue weighted by Gasteiger charge is -2.08. The van der Waals surface area contributed by atoms with Gasteiger partial charge in [-0.2, -0.15) is 5.10 Å². The van der Waals surface area contributed by atoms with E-state index in [4.69, 9.17) is 4.74 Å². The molecule has 0 aliphatic heterocycles. The van der Waals surface area contributed by atoms with Gasteiger partial charge in [0.05, 0.1) is 13.7 Å². The van der Waals surface area contributed by atoms with E-state index >= 15 is 0 Å². The number of methoxy groups -OCH3 is 1. The summed E-state index contributed by atoms with van der Waals surface area (Å²) in [4.78, 5) is 4.14. The van der Waals surface area contributed by atoms with Crippen molar-refractivity contribution in [2.24, 2.45) is 0 Å². The molecule has 0 saturated heterocycles. The summed E-state index contributed by atoms with van der Waals surface area (Å²) >= 11 is 0. The first-order chi connectivity index (χ1) is 7.31. The van der Waals surface area contributed by atoms with Gasteiger partial charge in [-0.25, -0.2) is 4.98 Å². The summed E-state index contributed by atoms with van der Waals surface area (Å²) in [6.45, 7) is 2.71. The smallest absolute Gasteiger partial charge is 0.218 e. The second kappa shape index (κ2) is 4.13. The number of aryl methyl sites for hydroxylation is 1. The van der Waals surface area contributed by atoms with E-state index in [1.807, 2.05) is 29.8 Å². The zero-order valence-electron chi connectivity index (χ0n) is 8.84. The Balaban J connectivity index is 2.28. The van der Waals surface area contributed by atoms with Gasteiger partial charge in [-0.05, 0) is 19.1 Å². The molecule has 15 heavy (non-hydrogen) atoms. The molecular formula is C11H13N3O. The molecule has 0 bridgehead atoms. The maximum atomic E-state index is 5.18. The summed E-state index contributed by atoms with van der Waals surface area (Å²) in [7, 11) is 1.63. The van der Waals surface area contributed by atoms with Gasteiger partial charge in [-0.1, -0.05) is 6.07 Å². The molecule has 4 heteroatoms. The second-order valence-electron chi connectivity index (χ2n) is 3.30. The zero-order chi connectivity index (χ0) is 10.7. The second-order valence-corrected chi connectivity index (χ2v) is 3.30. The van der Waals surface area contributed by atoms with Crippen LogP contribution in [0.3, 0.4) is 0 Å². The van der Waals surface area contributed by atoms with Gasteiger partial charge in [-0.3, -0.25) is 4.68 Å². The van der Waals surface area contributed by atoms with Gasteiger partial charge in [0.25, 0.3) is 0 Å². The number of aromatic nitrogens is 3. The number of rotatable bonds is 3. The van der Waals surface area contributed by atoms with Crippen molar-refractivity contribution in [2.75, 3.05) is 7.11 Å². The van der Waals surface area contributed by atoms with Crippen LogP contribution in [0.2, 0.25) is 0 Å². The quantitative estimate of drug-likeness (QED) is 0.761. The van der Waals surface area contributed by atoms with Gasteiger partial charge in [0.2, 0.25) is 5.88 Å². The van der Waals surface area contributed by atoms with Crippen molar-refractivity contribution >= 4 is 0 Å². The Morgan fingerprint density at radius 3 is 2.87 bits per heavy atom. The van der Waals surface area contributed by atoms with Gasteiger partial charge < -0.3 is 4.74 Å². The van der Waals surface area contributed by atoms with Crippen LogP contribution < -0.4 is 4.74 Å². The fourth-order valence-corrected chi connectivity index (χ4v) is 1.45. The molecule has 4 nitrogen and oxygen atoms in total. The maximum absolute atomic E-state index is 5.18. The minimum absolute atomic E-state index is 0.660. The molecule has 0 N–H and O–H groups in total. The lowest BCUT2D eigenvalue weighted by molar-refractivity contribution is 0.390. The standard InChI is InChI=1S/C11H13N3O/c1-9-5-7-13-14(9)8-10-4-3-6-12-11(10)15-2/h3-7H,8H2,1-2H3. The van der Waals surface area contributed by atoms with Crippen LogP contribution in [0.15, 0.2) is 30.6 Å². The maximum Gasteiger partial charge on any atom is 0.218 e. The van der Waals surface area contributed by atoms with Crippen LogP contribution in [0.4, 0.5) is 0 Å². The van der Waals surface area contributed by atoms with Gasteiger partial charge in [-0.15, -0.1) is 0 Å². The van der Waals surface area contributed by atoms with Crippen LogP contribution in [-0.4, -0.2) is 21.9 Å². The molecule has 0 aromatic carbocycles. The molecule has 0 spiro atoms. The van der Waals surface area contributed by atoms with E-state index < -0.39 is 0 Å². The van der Waals surface area contributed by atoms with Crippen molar-refractivity contribution in [3.8, 4) is 5.88 Å². The fraction of sp³-hybridized carbons (Fsp3) is 0.273. The number of hydrogen-bond donors (Lipinski definition) is 0. The molecule has 2 aromatic heterocycles. The molecular weight excluding hydrogens is 190 g/mol. The zero-order valence-corrected chi connectivity index (χ0v) is 8.84. The van der Waals surface area contributed by atoms with Crippen molar-refractivity contribution in [3.63, 3.8) is 0 Å². The topological polar surface area (TPSA) is 39.9 Å². The Morgan fingerprint density at radius 1 is 1.33 bits per heavy atom. The van der Waals surface area contributed by atoms with Crippen molar-refractivity contribution < 1.29 is 4.74 Å². The first-order valence-electron chi connectivity index (χ1n) is 4.77. The van der Waals surface area contributed by atoms with E-state index in [1.165, 1.54) is 0 Å². The largest absolute Gasteiger partial charge is 0.481 e. The molecule has 0 radical (unpaired) electrons. The summed E-state index contributed by atoms with van der Waals surface area (Å²) < 4.78 is 7.10. The monoisotopic (exact) mass is 203 g/mol. The third-order valence-electron chi connectivity index (χ3n) is 2.29. The highest BCUT2D eigenvalue weighted by Crippen LogP contribution is 2.15. The van der Waals surface area contributed by atoms with Crippen LogP contribution in [0, 0.1) is 6.92 Å². The van der Waals surface area contributed by atoms with E-state index in [0.717, 1.165) is 11.3 Å². The molecule has 0 unspecified atom stereocenters. The molecule has 2 heterocycles. The third-order valence-corrected chi connectivity index (χ3v) is 2.29. The SMILES string of the molecule is COc1ncccc1Cn1nccc1C. The molecule has 0 saturated carbocycles. The number of nitrogens with zero attached hydrogens (tertiary/aromatic N) is 3. The minimum Gasteiger partial charge on any atom is -0.481 e. The van der Waals surface area contributed by atoms with Gasteiger partial charge >= 0.3 is 0 Å². The lowest BCUT2D eigenvalue weighted by atomic mass is 10.2. The molecule has 78 valence electrons. The van der Waals surface area contributed by atoms with Gasteiger partial charge in [0.1, 0.15) is 0 Å². The third kappa shape index (κ3) is 1.98. The average Bonchev–Trinajstić information content (AvgIpc) is 2.65. The summed E-state index contributed by atoms with van der Waals surface area (Å²) in [6, 6.07) is 5.87. The first kappa shape index (κ1) is 9.71. The number of pyridine rings is 1. The molecule has 0 amide bonds. The molecule has 2 rings (SSSR count). The Kier molecular flexibility index (Phi) is 2.67. The predicted molar refractivity (Wildman–Crippen MR) is 56.9 cm³/mol. The minimum atomic E-state index is 0.660. The summed E-state index contributed by atoms with van der Waals surface area (Å²) in [5.74, 6) is 0.660. The van der Waals surface area contributed by atoms with Gasteiger partial charge in [0.15, 0.2) is 0 Å². The van der Waals surface area contributed by atoms with Crippen LogP contribution in [0.5, 0.6) is 5.88 Å². The predicted octanol–water partition coefficient (Wildman–Crippen LogP) is 1.64. The number of ether oxygens (including phenoxy) is 1. The van der Waals surface area contributed by atoms with E-state index in [1.54, 1.807) is 19.5 Å². The van der Waals surface area contributed by atoms with Crippen molar-refractivity contribution in [3.05, 3.63) is 41.9 Å². The van der Waals surface area contributed by atoms with Crippen LogP contribution in [0.1, 0.15) is 11.3 Å². The van der Waals surface area contributed by atoms with E-state index in [0.29, 0.717) is 12.4 Å². The Labute approximate surface area is 88.5 Å². The average molecular weight is 203 g/mol. The Morgan fingerprint density at radius 2 is 2.20 bits per heavy atom. The molecule has 0 aliphatic rings. The first-order valence-corrected chi connectivity index (χ1v) is 4.77. The molecule has 0 atom stereocenters. The summed E-state index contributed by atoms with van der Waals surface area (Å²) in [5.41, 5.74) is 2.16. The van der Waals surface area contributed by atoms with Crippen molar-refractivity contribution in [1.29, 1.82) is 0 Å². The molecule has 0 fully saturated rings. The fourth-order valence-electron chi connectivity index (χ4n) is 1.45. The molecule has 0 aliphatic carbocycles. The lowest BCUT2D eigenvalue weighted by Crippen LogP contribution is -2.05. The summed E-state index contributed by atoms with van der Waals surface area (Å²) in [5, 5.41) is 4.22. The normalized spacial score (nSPS) is 10.3. The summed E-state index contributed by atoms with van der Waals surface area (Å²) in [6.07, 6.45) is 3.51. The van der Waals surface area contributed by atoms with Crippen LogP contribution >= 0.6 is 0 Å². The van der Waals surface area contributed by atoms with E-state index in [-0.39, 0.29) is 0 Å². The Bertz CT molecular complexity index is 451. The highest BCUT2D eigenvalue weighted by molar-refractivity contribution is 5.25. The highest BCUT2D eigenvalue weighted by atomic mass is 16.5. The number of hydrogen-bond acceptors (Lipinski definition) is 3. The highest BCUT2D eigenvalue weighted by Gasteiger charge is 2.05. The van der Waals surface area contributed by atoms with Crippen LogP contribution in [-0.2, 0) is 6.54 Å².